The fourth-order valence-corrected chi connectivity index (χ4v) is 1.41. The number of hydrogen-bond acceptors (Lipinski definition) is 2. The van der Waals surface area contributed by atoms with Crippen molar-refractivity contribution in [2.75, 3.05) is 11.4 Å². The normalized spacial score (nSPS) is 15.0. The summed E-state index contributed by atoms with van der Waals surface area (Å²) in [5, 5.41) is 0. The Hall–Kier alpha value is 0.165. The summed E-state index contributed by atoms with van der Waals surface area (Å²) in [4.78, 5) is 0. The fraction of sp³-hybridized carbons (Fsp3) is 1.00. The second kappa shape index (κ2) is 4.93. The van der Waals surface area contributed by atoms with E-state index in [9.17, 15) is 12.9 Å². The molecule has 0 aliphatic carbocycles. The van der Waals surface area contributed by atoms with Crippen LogP contribution in [-0.4, -0.2) is 24.4 Å². The minimum atomic E-state index is -4.63. The minimum Gasteiger partial charge on any atom is -0.448 e. The molecule has 1 nitrogen and oxygen atoms in total. The van der Waals surface area contributed by atoms with Crippen LogP contribution in [0.15, 0.2) is 0 Å². The molecular weight excluding hydrogens is 174 g/mol. The molecule has 0 aliphatic rings. The average Bonchev–Trinajstić information content (AvgIpc) is 1.85. The minimum absolute atomic E-state index is 0.0989. The van der Waals surface area contributed by atoms with Gasteiger partial charge in [0.2, 0.25) is 0 Å². The monoisotopic (exact) mass is 186 g/mol. The van der Waals surface area contributed by atoms with Gasteiger partial charge in [-0.2, -0.15) is 11.8 Å². The van der Waals surface area contributed by atoms with Crippen molar-refractivity contribution in [3.63, 3.8) is 0 Å². The molecule has 0 radical (unpaired) electrons. The fourth-order valence-electron chi connectivity index (χ4n) is 0.471. The first-order valence-corrected chi connectivity index (χ1v) is 4.65. The van der Waals surface area contributed by atoms with E-state index < -0.39 is 12.6 Å². The van der Waals surface area contributed by atoms with E-state index in [-0.39, 0.29) is 6.04 Å². The second-order valence-electron chi connectivity index (χ2n) is 2.42. The highest BCUT2D eigenvalue weighted by atomic mass is 32.2. The molecule has 1 unspecified atom stereocenters. The van der Waals surface area contributed by atoms with Gasteiger partial charge >= 0.3 is 6.98 Å². The summed E-state index contributed by atoms with van der Waals surface area (Å²) < 4.78 is 34.8. The Morgan fingerprint density at radius 1 is 1.45 bits per heavy atom. The Labute approximate surface area is 69.0 Å². The Bertz CT molecular complexity index is 108. The number of nitrogens with two attached hydrogens (primary N) is 1. The van der Waals surface area contributed by atoms with E-state index in [1.807, 2.05) is 6.92 Å². The van der Waals surface area contributed by atoms with Crippen LogP contribution in [-0.2, 0) is 0 Å². The van der Waals surface area contributed by atoms with Crippen molar-refractivity contribution in [1.29, 1.82) is 0 Å². The van der Waals surface area contributed by atoms with Crippen LogP contribution in [0, 0.1) is 0 Å². The topological polar surface area (TPSA) is 26.0 Å². The predicted octanol–water partition coefficient (Wildman–Crippen LogP) is 1.84. The maximum absolute atomic E-state index is 11.6. The Kier molecular flexibility index (Phi) is 5.00. The van der Waals surface area contributed by atoms with Gasteiger partial charge in [0.25, 0.3) is 0 Å². The van der Waals surface area contributed by atoms with Crippen LogP contribution in [0.3, 0.4) is 0 Å². The van der Waals surface area contributed by atoms with E-state index in [2.05, 4.69) is 0 Å². The molecule has 0 spiro atoms. The average molecular weight is 186 g/mol. The Balaban J connectivity index is 3.28. The summed E-state index contributed by atoms with van der Waals surface area (Å²) in [5.41, 5.74) is 4.69. The number of rotatable bonds is 5. The first-order chi connectivity index (χ1) is 4.95. The second-order valence-corrected chi connectivity index (χ2v) is 3.49. The van der Waals surface area contributed by atoms with Crippen LogP contribution >= 0.6 is 11.8 Å². The molecule has 0 fully saturated rings. The number of hydrogen-bond donors (Lipinski definition) is 1. The van der Waals surface area contributed by atoms with E-state index >= 15 is 0 Å². The van der Waals surface area contributed by atoms with Crippen LogP contribution in [0.25, 0.3) is 0 Å². The molecule has 0 rings (SSSR count). The lowest BCUT2D eigenvalue weighted by atomic mass is 9.98. The van der Waals surface area contributed by atoms with E-state index in [0.29, 0.717) is 5.75 Å². The molecule has 0 aromatic carbocycles. The van der Waals surface area contributed by atoms with E-state index in [4.69, 9.17) is 5.73 Å². The first-order valence-electron chi connectivity index (χ1n) is 3.50. The summed E-state index contributed by atoms with van der Waals surface area (Å²) >= 11 is 0.871. The molecule has 0 heterocycles. The summed E-state index contributed by atoms with van der Waals surface area (Å²) in [6.45, 7) is -2.76. The molecule has 11 heavy (non-hydrogen) atoms. The molecular formula is C5H12BF3NS-. The molecule has 0 amide bonds. The van der Waals surface area contributed by atoms with Crippen molar-refractivity contribution in [2.24, 2.45) is 5.73 Å². The van der Waals surface area contributed by atoms with Crippen LogP contribution < -0.4 is 5.73 Å². The molecule has 68 valence electrons. The first kappa shape index (κ1) is 11.2. The quantitative estimate of drug-likeness (QED) is 0.663. The van der Waals surface area contributed by atoms with Crippen molar-refractivity contribution in [3.05, 3.63) is 0 Å². The molecule has 0 aromatic heterocycles. The highest BCUT2D eigenvalue weighted by Gasteiger charge is 2.22. The standard InChI is InChI=1S/C5H12BF3NS/c1-2-5(10)3-11-4-6(7,8)9/h5H,2-4,10H2,1H3/q-1. The van der Waals surface area contributed by atoms with Crippen molar-refractivity contribution < 1.29 is 12.9 Å². The zero-order chi connectivity index (χ0) is 8.91. The highest BCUT2D eigenvalue weighted by Crippen LogP contribution is 2.16. The summed E-state index contributed by atoms with van der Waals surface area (Å²) in [6, 6.07) is -0.0989. The third-order valence-electron chi connectivity index (χ3n) is 1.16. The number of thioether (sulfide) groups is 1. The zero-order valence-corrected chi connectivity index (χ0v) is 7.21. The summed E-state index contributed by atoms with van der Waals surface area (Å²) in [6.07, 6.45) is 0.734. The lowest BCUT2D eigenvalue weighted by molar-refractivity contribution is 0.485. The lowest BCUT2D eigenvalue weighted by Crippen LogP contribution is -2.25. The number of halogens is 3. The highest BCUT2D eigenvalue weighted by molar-refractivity contribution is 8.00. The molecule has 2 N–H and O–H groups in total. The van der Waals surface area contributed by atoms with Gasteiger partial charge in [-0.1, -0.05) is 6.92 Å². The van der Waals surface area contributed by atoms with Crippen molar-refractivity contribution in [2.45, 2.75) is 19.4 Å². The third-order valence-corrected chi connectivity index (χ3v) is 2.44. The largest absolute Gasteiger partial charge is 0.488 e. The molecule has 1 atom stereocenters. The van der Waals surface area contributed by atoms with Gasteiger partial charge in [0.1, 0.15) is 0 Å². The maximum Gasteiger partial charge on any atom is 0.488 e. The van der Waals surface area contributed by atoms with Gasteiger partial charge in [0.05, 0.1) is 0 Å². The summed E-state index contributed by atoms with van der Waals surface area (Å²) in [7, 11) is 0. The smallest absolute Gasteiger partial charge is 0.448 e. The van der Waals surface area contributed by atoms with Crippen LogP contribution in [0.5, 0.6) is 0 Å². The van der Waals surface area contributed by atoms with E-state index in [1.165, 1.54) is 0 Å². The van der Waals surface area contributed by atoms with Gasteiger partial charge in [-0.05, 0) is 12.1 Å². The Morgan fingerprint density at radius 2 is 2.00 bits per heavy atom. The SMILES string of the molecule is CCC(N)CSC[B-](F)(F)F. The van der Waals surface area contributed by atoms with Gasteiger partial charge in [-0.3, -0.25) is 0 Å². The van der Waals surface area contributed by atoms with Crippen LogP contribution in [0.1, 0.15) is 13.3 Å². The van der Waals surface area contributed by atoms with E-state index in [0.717, 1.165) is 18.2 Å². The molecule has 0 saturated carbocycles. The van der Waals surface area contributed by atoms with Gasteiger partial charge in [-0.25, -0.2) is 0 Å². The molecule has 0 saturated heterocycles. The van der Waals surface area contributed by atoms with Gasteiger partial charge < -0.3 is 18.7 Å². The third kappa shape index (κ3) is 8.07. The van der Waals surface area contributed by atoms with Crippen molar-refractivity contribution >= 4 is 18.7 Å². The predicted molar refractivity (Wildman–Crippen MR) is 44.7 cm³/mol. The van der Waals surface area contributed by atoms with Crippen molar-refractivity contribution in [1.82, 2.24) is 0 Å². The zero-order valence-electron chi connectivity index (χ0n) is 6.40. The molecule has 0 bridgehead atoms. The lowest BCUT2D eigenvalue weighted by Gasteiger charge is -2.14. The van der Waals surface area contributed by atoms with Gasteiger partial charge in [0.15, 0.2) is 0 Å². The maximum atomic E-state index is 11.6. The van der Waals surface area contributed by atoms with Gasteiger partial charge in [0, 0.05) is 11.8 Å². The van der Waals surface area contributed by atoms with Gasteiger partial charge in [-0.15, -0.1) is 0 Å². The summed E-state index contributed by atoms with van der Waals surface area (Å²) in [5.74, 6) is 0.401. The molecule has 0 aliphatic heterocycles. The van der Waals surface area contributed by atoms with Crippen molar-refractivity contribution in [3.8, 4) is 0 Å². The van der Waals surface area contributed by atoms with E-state index in [1.54, 1.807) is 0 Å². The molecule has 6 heteroatoms. The van der Waals surface area contributed by atoms with Crippen LogP contribution in [0.2, 0.25) is 0 Å². The van der Waals surface area contributed by atoms with Crippen LogP contribution in [0.4, 0.5) is 12.9 Å². The Morgan fingerprint density at radius 3 is 2.36 bits per heavy atom. The molecule has 0 aromatic rings.